The Morgan fingerprint density at radius 2 is 1.75 bits per heavy atom. The van der Waals surface area contributed by atoms with Gasteiger partial charge in [-0.1, -0.05) is 30.3 Å². The van der Waals surface area contributed by atoms with Gasteiger partial charge in [-0.3, -0.25) is 9.97 Å². The zero-order valence-electron chi connectivity index (χ0n) is 11.1. The molecule has 0 amide bonds. The normalized spacial score (nSPS) is 11.1. The third-order valence-electron chi connectivity index (χ3n) is 2.58. The second kappa shape index (κ2) is 6.99. The Bertz CT molecular complexity index is 617. The minimum Gasteiger partial charge on any atom is -0.466 e. The van der Waals surface area contributed by atoms with Crippen molar-refractivity contribution in [3.05, 3.63) is 65.8 Å². The van der Waals surface area contributed by atoms with Crippen LogP contribution in [0.25, 0.3) is 18.2 Å². The quantitative estimate of drug-likeness (QED) is 0.630. The minimum atomic E-state index is -0.364. The molecule has 0 unspecified atom stereocenters. The maximum atomic E-state index is 11.0. The monoisotopic (exact) mass is 266 g/mol. The summed E-state index contributed by atoms with van der Waals surface area (Å²) in [6, 6.07) is 7.78. The molecule has 0 spiro atoms. The SMILES string of the molecule is COC(=O)/C=C/c1ccc(/C=C/c2cnccn2)cc1. The molecular weight excluding hydrogens is 252 g/mol. The van der Waals surface area contributed by atoms with Gasteiger partial charge in [-0.05, 0) is 23.3 Å². The summed E-state index contributed by atoms with van der Waals surface area (Å²) >= 11 is 0. The lowest BCUT2D eigenvalue weighted by Gasteiger charge is -1.96. The first kappa shape index (κ1) is 13.7. The average molecular weight is 266 g/mol. The Morgan fingerprint density at radius 3 is 2.35 bits per heavy atom. The fourth-order valence-electron chi connectivity index (χ4n) is 1.53. The van der Waals surface area contributed by atoms with E-state index >= 15 is 0 Å². The molecule has 0 saturated heterocycles. The molecule has 0 bridgehead atoms. The number of hydrogen-bond acceptors (Lipinski definition) is 4. The molecule has 0 radical (unpaired) electrons. The number of hydrogen-bond donors (Lipinski definition) is 0. The molecule has 0 fully saturated rings. The van der Waals surface area contributed by atoms with Gasteiger partial charge in [0.05, 0.1) is 19.0 Å². The summed E-state index contributed by atoms with van der Waals surface area (Å²) in [5.74, 6) is -0.364. The van der Waals surface area contributed by atoms with Crippen molar-refractivity contribution in [2.45, 2.75) is 0 Å². The first-order chi connectivity index (χ1) is 9.78. The number of rotatable bonds is 4. The summed E-state index contributed by atoms with van der Waals surface area (Å²) in [7, 11) is 1.35. The molecule has 0 atom stereocenters. The van der Waals surface area contributed by atoms with E-state index in [4.69, 9.17) is 0 Å². The van der Waals surface area contributed by atoms with Crippen LogP contribution in [0.2, 0.25) is 0 Å². The second-order valence-corrected chi connectivity index (χ2v) is 3.99. The predicted molar refractivity (Wildman–Crippen MR) is 78.5 cm³/mol. The molecule has 1 aromatic heterocycles. The van der Waals surface area contributed by atoms with Gasteiger partial charge in [0, 0.05) is 18.5 Å². The third-order valence-corrected chi connectivity index (χ3v) is 2.58. The standard InChI is InChI=1S/C16H14N2O2/c1-20-16(19)9-7-14-4-2-13(3-5-14)6-8-15-12-17-10-11-18-15/h2-12H,1H3/b8-6+,9-7+. The summed E-state index contributed by atoms with van der Waals surface area (Å²) in [4.78, 5) is 19.1. The van der Waals surface area contributed by atoms with Crippen LogP contribution in [-0.4, -0.2) is 23.0 Å². The highest BCUT2D eigenvalue weighted by atomic mass is 16.5. The smallest absolute Gasteiger partial charge is 0.330 e. The molecule has 0 aliphatic heterocycles. The molecule has 1 heterocycles. The number of ether oxygens (including phenoxy) is 1. The molecule has 1 aromatic carbocycles. The molecule has 0 aliphatic rings. The van der Waals surface area contributed by atoms with Crippen molar-refractivity contribution in [1.82, 2.24) is 9.97 Å². The first-order valence-electron chi connectivity index (χ1n) is 6.08. The predicted octanol–water partition coefficient (Wildman–Crippen LogP) is 2.83. The van der Waals surface area contributed by atoms with Crippen molar-refractivity contribution in [2.75, 3.05) is 7.11 Å². The van der Waals surface area contributed by atoms with Crippen LogP contribution in [0.4, 0.5) is 0 Å². The average Bonchev–Trinajstić information content (AvgIpc) is 2.52. The fraction of sp³-hybridized carbons (Fsp3) is 0.0625. The maximum absolute atomic E-state index is 11.0. The van der Waals surface area contributed by atoms with Crippen LogP contribution in [0, 0.1) is 0 Å². The molecule has 2 rings (SSSR count). The highest BCUT2D eigenvalue weighted by molar-refractivity contribution is 5.87. The van der Waals surface area contributed by atoms with E-state index in [9.17, 15) is 4.79 Å². The number of aromatic nitrogens is 2. The van der Waals surface area contributed by atoms with Gasteiger partial charge in [0.2, 0.25) is 0 Å². The van der Waals surface area contributed by atoms with E-state index in [-0.39, 0.29) is 5.97 Å². The van der Waals surface area contributed by atoms with Crippen molar-refractivity contribution >= 4 is 24.2 Å². The van der Waals surface area contributed by atoms with Gasteiger partial charge in [0.1, 0.15) is 0 Å². The van der Waals surface area contributed by atoms with Gasteiger partial charge in [-0.2, -0.15) is 0 Å². The van der Waals surface area contributed by atoms with Crippen molar-refractivity contribution < 1.29 is 9.53 Å². The Morgan fingerprint density at radius 1 is 1.05 bits per heavy atom. The number of carbonyl (C=O) groups is 1. The molecule has 4 nitrogen and oxygen atoms in total. The molecular formula is C16H14N2O2. The second-order valence-electron chi connectivity index (χ2n) is 3.99. The first-order valence-corrected chi connectivity index (χ1v) is 6.08. The summed E-state index contributed by atoms with van der Waals surface area (Å²) < 4.78 is 4.53. The lowest BCUT2D eigenvalue weighted by Crippen LogP contribution is -1.93. The van der Waals surface area contributed by atoms with E-state index in [1.807, 2.05) is 36.4 Å². The maximum Gasteiger partial charge on any atom is 0.330 e. The van der Waals surface area contributed by atoms with Crippen LogP contribution in [0.15, 0.2) is 48.9 Å². The van der Waals surface area contributed by atoms with Crippen molar-refractivity contribution in [3.63, 3.8) is 0 Å². The van der Waals surface area contributed by atoms with E-state index in [1.54, 1.807) is 24.7 Å². The molecule has 4 heteroatoms. The zero-order chi connectivity index (χ0) is 14.2. The van der Waals surface area contributed by atoms with Gasteiger partial charge in [0.25, 0.3) is 0 Å². The summed E-state index contributed by atoms with van der Waals surface area (Å²) in [5.41, 5.74) is 2.79. The van der Waals surface area contributed by atoms with Crippen molar-refractivity contribution in [1.29, 1.82) is 0 Å². The van der Waals surface area contributed by atoms with E-state index < -0.39 is 0 Å². The van der Waals surface area contributed by atoms with Gasteiger partial charge in [-0.15, -0.1) is 0 Å². The lowest BCUT2D eigenvalue weighted by atomic mass is 10.1. The Kier molecular flexibility index (Phi) is 4.78. The van der Waals surface area contributed by atoms with Crippen molar-refractivity contribution in [2.24, 2.45) is 0 Å². The minimum absolute atomic E-state index is 0.364. The molecule has 2 aromatic rings. The topological polar surface area (TPSA) is 52.1 Å². The molecule has 20 heavy (non-hydrogen) atoms. The highest BCUT2D eigenvalue weighted by Crippen LogP contribution is 2.09. The molecule has 100 valence electrons. The zero-order valence-corrected chi connectivity index (χ0v) is 11.1. The molecule has 0 aliphatic carbocycles. The van der Waals surface area contributed by atoms with Crippen LogP contribution in [-0.2, 0) is 9.53 Å². The van der Waals surface area contributed by atoms with Gasteiger partial charge >= 0.3 is 5.97 Å². The number of esters is 1. The van der Waals surface area contributed by atoms with Gasteiger partial charge in [0.15, 0.2) is 0 Å². The van der Waals surface area contributed by atoms with Crippen LogP contribution in [0.1, 0.15) is 16.8 Å². The number of nitrogens with zero attached hydrogens (tertiary/aromatic N) is 2. The largest absolute Gasteiger partial charge is 0.466 e. The van der Waals surface area contributed by atoms with E-state index in [0.717, 1.165) is 16.8 Å². The number of benzene rings is 1. The fourth-order valence-corrected chi connectivity index (χ4v) is 1.53. The van der Waals surface area contributed by atoms with E-state index in [1.165, 1.54) is 13.2 Å². The van der Waals surface area contributed by atoms with Crippen LogP contribution in [0.3, 0.4) is 0 Å². The summed E-state index contributed by atoms with van der Waals surface area (Å²) in [6.45, 7) is 0. The van der Waals surface area contributed by atoms with E-state index in [0.29, 0.717) is 0 Å². The number of methoxy groups -OCH3 is 1. The lowest BCUT2D eigenvalue weighted by molar-refractivity contribution is -0.134. The Hall–Kier alpha value is -2.75. The Labute approximate surface area is 117 Å². The van der Waals surface area contributed by atoms with E-state index in [2.05, 4.69) is 14.7 Å². The van der Waals surface area contributed by atoms with Gasteiger partial charge < -0.3 is 4.74 Å². The summed E-state index contributed by atoms with van der Waals surface area (Å²) in [5, 5.41) is 0. The number of carbonyl (C=O) groups excluding carboxylic acids is 1. The van der Waals surface area contributed by atoms with Crippen molar-refractivity contribution in [3.8, 4) is 0 Å². The summed E-state index contributed by atoms with van der Waals surface area (Å²) in [6.07, 6.45) is 11.9. The van der Waals surface area contributed by atoms with Crippen LogP contribution in [0.5, 0.6) is 0 Å². The van der Waals surface area contributed by atoms with Crippen LogP contribution >= 0.6 is 0 Å². The Balaban J connectivity index is 2.03. The van der Waals surface area contributed by atoms with Gasteiger partial charge in [-0.25, -0.2) is 4.79 Å². The van der Waals surface area contributed by atoms with Crippen LogP contribution < -0.4 is 0 Å². The highest BCUT2D eigenvalue weighted by Gasteiger charge is 1.93. The molecule has 0 saturated carbocycles. The molecule has 0 N–H and O–H groups in total. The third kappa shape index (κ3) is 4.17.